The van der Waals surface area contributed by atoms with E-state index in [0.29, 0.717) is 11.0 Å². The maximum Gasteiger partial charge on any atom is 0.270 e. The lowest BCUT2D eigenvalue weighted by Crippen LogP contribution is -2.49. The average molecular weight is 366 g/mol. The van der Waals surface area contributed by atoms with Gasteiger partial charge in [-0.05, 0) is 32.1 Å². The number of nitrogens with zero attached hydrogens (tertiary/aromatic N) is 4. The molecule has 0 saturated heterocycles. The van der Waals surface area contributed by atoms with E-state index < -0.39 is 5.72 Å². The lowest BCUT2D eigenvalue weighted by Gasteiger charge is -2.39. The standard InChI is InChI=1S/C19H18N4O2S/c1-3-22-12(8-9-20-22)10-16-17(24)23-14-11-19(2,21-18(23)26-16)25-15-7-5-4-6-13(14)15/h4-10,14H,3,11H2,1-2H3/b16-10-/t14-,19+/m1/s1. The van der Waals surface area contributed by atoms with Crippen molar-refractivity contribution in [1.82, 2.24) is 14.3 Å². The third-order valence-electron chi connectivity index (χ3n) is 4.99. The molecule has 5 rings (SSSR count). The number of fused-ring (bicyclic) bond motifs is 6. The van der Waals surface area contributed by atoms with Gasteiger partial charge in [0.15, 0.2) is 4.80 Å². The zero-order valence-corrected chi connectivity index (χ0v) is 15.4. The molecular formula is C19H18N4O2S. The first-order valence-electron chi connectivity index (χ1n) is 8.71. The SMILES string of the molecule is CCn1nccc1/C=c1\sc2n(c1=O)[C@@H]1C[C@@](C)(N=2)Oc2ccccc21. The molecule has 2 atom stereocenters. The van der Waals surface area contributed by atoms with Gasteiger partial charge in [0.05, 0.1) is 16.3 Å². The maximum absolute atomic E-state index is 13.2. The molecule has 0 saturated carbocycles. The number of aryl methyl sites for hydroxylation is 1. The molecule has 0 unspecified atom stereocenters. The lowest BCUT2D eigenvalue weighted by atomic mass is 9.93. The maximum atomic E-state index is 13.2. The molecule has 0 N–H and O–H groups in total. The molecule has 6 nitrogen and oxygen atoms in total. The zero-order valence-electron chi connectivity index (χ0n) is 14.5. The largest absolute Gasteiger partial charge is 0.466 e. The quantitative estimate of drug-likeness (QED) is 0.693. The highest BCUT2D eigenvalue weighted by atomic mass is 32.1. The van der Waals surface area contributed by atoms with Crippen LogP contribution >= 0.6 is 11.3 Å². The van der Waals surface area contributed by atoms with Crippen LogP contribution in [-0.4, -0.2) is 20.1 Å². The third-order valence-corrected chi connectivity index (χ3v) is 5.97. The van der Waals surface area contributed by atoms with Gasteiger partial charge in [0.25, 0.3) is 5.56 Å². The molecule has 26 heavy (non-hydrogen) atoms. The van der Waals surface area contributed by atoms with E-state index in [1.807, 2.05) is 59.5 Å². The first-order chi connectivity index (χ1) is 12.6. The van der Waals surface area contributed by atoms with Gasteiger partial charge in [-0.1, -0.05) is 29.5 Å². The van der Waals surface area contributed by atoms with E-state index in [1.54, 1.807) is 6.20 Å². The Balaban J connectivity index is 1.76. The van der Waals surface area contributed by atoms with Crippen LogP contribution in [0.2, 0.25) is 0 Å². The highest BCUT2D eigenvalue weighted by molar-refractivity contribution is 7.07. The predicted octanol–water partition coefficient (Wildman–Crippen LogP) is 1.68. The van der Waals surface area contributed by atoms with Crippen molar-refractivity contribution in [2.24, 2.45) is 4.99 Å². The summed E-state index contributed by atoms with van der Waals surface area (Å²) >= 11 is 1.42. The Morgan fingerprint density at radius 3 is 3.08 bits per heavy atom. The van der Waals surface area contributed by atoms with Gasteiger partial charge in [-0.3, -0.25) is 14.0 Å². The van der Waals surface area contributed by atoms with Gasteiger partial charge in [0.1, 0.15) is 5.75 Å². The van der Waals surface area contributed by atoms with Crippen LogP contribution in [0, 0.1) is 0 Å². The number of thiazole rings is 1. The van der Waals surface area contributed by atoms with Crippen LogP contribution in [0.1, 0.15) is 37.6 Å². The van der Waals surface area contributed by atoms with E-state index in [9.17, 15) is 4.79 Å². The molecule has 1 aromatic carbocycles. The number of hydrogen-bond acceptors (Lipinski definition) is 5. The molecule has 0 spiro atoms. The van der Waals surface area contributed by atoms with Crippen molar-refractivity contribution in [3.05, 3.63) is 67.5 Å². The molecule has 0 radical (unpaired) electrons. The Bertz CT molecular complexity index is 1190. The number of ether oxygens (including phenoxy) is 1. The second-order valence-corrected chi connectivity index (χ2v) is 7.80. The van der Waals surface area contributed by atoms with E-state index in [4.69, 9.17) is 9.73 Å². The van der Waals surface area contributed by atoms with Gasteiger partial charge in [0, 0.05) is 24.7 Å². The predicted molar refractivity (Wildman–Crippen MR) is 99.1 cm³/mol. The molecule has 2 aliphatic rings. The highest BCUT2D eigenvalue weighted by Gasteiger charge is 2.42. The van der Waals surface area contributed by atoms with Crippen molar-refractivity contribution in [3.8, 4) is 5.75 Å². The molecule has 0 fully saturated rings. The summed E-state index contributed by atoms with van der Waals surface area (Å²) in [5.74, 6) is 0.813. The molecule has 2 aliphatic heterocycles. The minimum absolute atomic E-state index is 0.00126. The van der Waals surface area contributed by atoms with Crippen molar-refractivity contribution >= 4 is 17.4 Å². The summed E-state index contributed by atoms with van der Waals surface area (Å²) in [6.45, 7) is 4.78. The number of hydrogen-bond donors (Lipinski definition) is 0. The monoisotopic (exact) mass is 366 g/mol. The fourth-order valence-corrected chi connectivity index (χ4v) is 4.91. The van der Waals surface area contributed by atoms with E-state index in [0.717, 1.165) is 28.4 Å². The topological polar surface area (TPSA) is 61.4 Å². The van der Waals surface area contributed by atoms with Crippen LogP contribution < -0.4 is 19.6 Å². The second-order valence-electron chi connectivity index (χ2n) is 6.79. The molecule has 0 aliphatic carbocycles. The molecule has 2 bridgehead atoms. The van der Waals surface area contributed by atoms with Crippen LogP contribution in [0.5, 0.6) is 5.75 Å². The van der Waals surface area contributed by atoms with E-state index in [-0.39, 0.29) is 11.6 Å². The van der Waals surface area contributed by atoms with E-state index >= 15 is 0 Å². The van der Waals surface area contributed by atoms with Crippen LogP contribution in [0.25, 0.3) is 6.08 Å². The molecule has 7 heteroatoms. The summed E-state index contributed by atoms with van der Waals surface area (Å²) in [5.41, 5.74) is 1.35. The Kier molecular flexibility index (Phi) is 3.24. The summed E-state index contributed by atoms with van der Waals surface area (Å²) in [5, 5.41) is 4.27. The number of benzene rings is 1. The summed E-state index contributed by atoms with van der Waals surface area (Å²) in [7, 11) is 0. The first-order valence-corrected chi connectivity index (χ1v) is 9.52. The van der Waals surface area contributed by atoms with Gasteiger partial charge in [0.2, 0.25) is 5.72 Å². The van der Waals surface area contributed by atoms with Crippen molar-refractivity contribution in [2.75, 3.05) is 0 Å². The van der Waals surface area contributed by atoms with Gasteiger partial charge < -0.3 is 4.74 Å². The molecule has 3 aromatic rings. The van der Waals surface area contributed by atoms with Crippen LogP contribution in [0.3, 0.4) is 0 Å². The summed E-state index contributed by atoms with van der Waals surface area (Å²) < 4.78 is 10.5. The fraction of sp³-hybridized carbons (Fsp3) is 0.316. The highest BCUT2D eigenvalue weighted by Crippen LogP contribution is 2.42. The minimum Gasteiger partial charge on any atom is -0.466 e. The van der Waals surface area contributed by atoms with Crippen LogP contribution in [0.4, 0.5) is 0 Å². The Labute approximate surface area is 153 Å². The van der Waals surface area contributed by atoms with E-state index in [1.165, 1.54) is 11.3 Å². The summed E-state index contributed by atoms with van der Waals surface area (Å²) in [4.78, 5) is 18.7. The number of rotatable bonds is 2. The summed E-state index contributed by atoms with van der Waals surface area (Å²) in [6.07, 6.45) is 4.33. The fourth-order valence-electron chi connectivity index (χ4n) is 3.80. The first kappa shape index (κ1) is 15.6. The molecule has 0 amide bonds. The molecular weight excluding hydrogens is 348 g/mol. The minimum atomic E-state index is -0.626. The molecule has 4 heterocycles. The number of para-hydroxylation sites is 1. The second kappa shape index (κ2) is 5.41. The van der Waals surface area contributed by atoms with Crippen LogP contribution in [-0.2, 0) is 6.54 Å². The van der Waals surface area contributed by atoms with Crippen molar-refractivity contribution in [2.45, 2.75) is 38.6 Å². The van der Waals surface area contributed by atoms with Gasteiger partial charge >= 0.3 is 0 Å². The smallest absolute Gasteiger partial charge is 0.270 e. The lowest BCUT2D eigenvalue weighted by molar-refractivity contribution is 0.0410. The van der Waals surface area contributed by atoms with Gasteiger partial charge in [-0.2, -0.15) is 5.10 Å². The number of aromatic nitrogens is 3. The molecule has 2 aromatic heterocycles. The average Bonchev–Trinajstić information content (AvgIpc) is 3.19. The van der Waals surface area contributed by atoms with Gasteiger partial charge in [-0.15, -0.1) is 0 Å². The van der Waals surface area contributed by atoms with Crippen molar-refractivity contribution < 1.29 is 4.74 Å². The van der Waals surface area contributed by atoms with E-state index in [2.05, 4.69) is 5.10 Å². The van der Waals surface area contributed by atoms with Crippen LogP contribution in [0.15, 0.2) is 46.3 Å². The Hall–Kier alpha value is -2.67. The Morgan fingerprint density at radius 2 is 2.23 bits per heavy atom. The summed E-state index contributed by atoms with van der Waals surface area (Å²) in [6, 6.07) is 9.80. The zero-order chi connectivity index (χ0) is 17.9. The third kappa shape index (κ3) is 2.20. The molecule has 132 valence electrons. The van der Waals surface area contributed by atoms with Gasteiger partial charge in [-0.25, -0.2) is 4.99 Å². The van der Waals surface area contributed by atoms with Crippen molar-refractivity contribution in [3.63, 3.8) is 0 Å². The van der Waals surface area contributed by atoms with Crippen molar-refractivity contribution in [1.29, 1.82) is 0 Å². The Morgan fingerprint density at radius 1 is 1.38 bits per heavy atom. The normalized spacial score (nSPS) is 23.8.